The molecule has 3 rings (SSSR count). The first-order valence-electron chi connectivity index (χ1n) is 10.2. The van der Waals surface area contributed by atoms with Crippen molar-refractivity contribution in [2.75, 3.05) is 0 Å². The van der Waals surface area contributed by atoms with E-state index in [4.69, 9.17) is 11.6 Å². The summed E-state index contributed by atoms with van der Waals surface area (Å²) in [6.45, 7) is 4.07. The lowest BCUT2D eigenvalue weighted by molar-refractivity contribution is 0.0614. The van der Waals surface area contributed by atoms with Crippen molar-refractivity contribution >= 4 is 27.4 Å². The van der Waals surface area contributed by atoms with Crippen LogP contribution in [0.25, 0.3) is 0 Å². The SMILES string of the molecule is CCCCCC[C@H]1C[C@@H](C(=O)c2ccc(Cl)cc2)N1S(=O)(=O)c1ccc(C)cc1. The van der Waals surface area contributed by atoms with Gasteiger partial charge in [0.2, 0.25) is 10.0 Å². The van der Waals surface area contributed by atoms with E-state index in [1.165, 1.54) is 4.31 Å². The predicted octanol–water partition coefficient (Wildman–Crippen LogP) is 5.63. The van der Waals surface area contributed by atoms with Crippen LogP contribution in [-0.2, 0) is 10.0 Å². The first kappa shape index (κ1) is 22.0. The maximum atomic E-state index is 13.4. The maximum absolute atomic E-state index is 13.4. The molecule has 0 aromatic heterocycles. The van der Waals surface area contributed by atoms with Crippen molar-refractivity contribution in [3.8, 4) is 0 Å². The number of unbranched alkanes of at least 4 members (excludes halogenated alkanes) is 3. The van der Waals surface area contributed by atoms with Crippen LogP contribution in [0, 0.1) is 6.92 Å². The number of sulfonamides is 1. The molecule has 2 aromatic carbocycles. The van der Waals surface area contributed by atoms with Gasteiger partial charge in [0.25, 0.3) is 0 Å². The van der Waals surface area contributed by atoms with Crippen LogP contribution in [-0.4, -0.2) is 30.6 Å². The Morgan fingerprint density at radius 3 is 2.31 bits per heavy atom. The highest BCUT2D eigenvalue weighted by atomic mass is 35.5. The van der Waals surface area contributed by atoms with Crippen LogP contribution in [0.15, 0.2) is 53.4 Å². The number of halogens is 1. The summed E-state index contributed by atoms with van der Waals surface area (Å²) < 4.78 is 28.2. The van der Waals surface area contributed by atoms with Gasteiger partial charge in [-0.15, -0.1) is 0 Å². The topological polar surface area (TPSA) is 54.5 Å². The molecular weight excluding hydrogens is 406 g/mol. The first-order chi connectivity index (χ1) is 13.8. The molecule has 0 saturated carbocycles. The van der Waals surface area contributed by atoms with E-state index in [2.05, 4.69) is 6.92 Å². The average Bonchev–Trinajstić information content (AvgIpc) is 2.67. The number of aryl methyl sites for hydroxylation is 1. The van der Waals surface area contributed by atoms with Crippen LogP contribution < -0.4 is 0 Å². The number of ketones is 1. The Morgan fingerprint density at radius 2 is 1.69 bits per heavy atom. The lowest BCUT2D eigenvalue weighted by Crippen LogP contribution is -2.61. The summed E-state index contributed by atoms with van der Waals surface area (Å²) in [7, 11) is -3.73. The molecule has 0 aliphatic carbocycles. The Kier molecular flexibility index (Phi) is 7.14. The zero-order valence-corrected chi connectivity index (χ0v) is 18.5. The fraction of sp³-hybridized carbons (Fsp3) is 0.435. The van der Waals surface area contributed by atoms with E-state index >= 15 is 0 Å². The highest BCUT2D eigenvalue weighted by Gasteiger charge is 2.49. The summed E-state index contributed by atoms with van der Waals surface area (Å²) in [5.74, 6) is -0.165. The molecular formula is C23H28ClNO3S. The fourth-order valence-electron chi connectivity index (χ4n) is 3.86. The van der Waals surface area contributed by atoms with Gasteiger partial charge < -0.3 is 0 Å². The van der Waals surface area contributed by atoms with Crippen molar-refractivity contribution in [2.24, 2.45) is 0 Å². The van der Waals surface area contributed by atoms with E-state index in [1.54, 1.807) is 48.5 Å². The van der Waals surface area contributed by atoms with Crippen LogP contribution in [0.5, 0.6) is 0 Å². The Labute approximate surface area is 178 Å². The van der Waals surface area contributed by atoms with Crippen LogP contribution >= 0.6 is 11.6 Å². The molecule has 2 atom stereocenters. The molecule has 156 valence electrons. The molecule has 2 aromatic rings. The molecule has 0 spiro atoms. The molecule has 0 amide bonds. The third kappa shape index (κ3) is 4.90. The number of benzene rings is 2. The Balaban J connectivity index is 1.85. The first-order valence-corrected chi connectivity index (χ1v) is 12.1. The number of nitrogens with zero attached hydrogens (tertiary/aromatic N) is 1. The van der Waals surface area contributed by atoms with E-state index in [9.17, 15) is 13.2 Å². The zero-order valence-electron chi connectivity index (χ0n) is 17.0. The summed E-state index contributed by atoms with van der Waals surface area (Å²) in [6.07, 6.45) is 5.69. The molecule has 6 heteroatoms. The molecule has 1 aliphatic heterocycles. The number of Topliss-reactive ketones (excluding diaryl/α,β-unsaturated/α-hetero) is 1. The summed E-state index contributed by atoms with van der Waals surface area (Å²) in [5.41, 5.74) is 1.49. The van der Waals surface area contributed by atoms with Crippen LogP contribution in [0.2, 0.25) is 5.02 Å². The quantitative estimate of drug-likeness (QED) is 0.380. The molecule has 0 N–H and O–H groups in total. The molecule has 29 heavy (non-hydrogen) atoms. The second-order valence-corrected chi connectivity index (χ2v) is 10.1. The number of carbonyl (C=O) groups excluding carboxylic acids is 1. The van der Waals surface area contributed by atoms with Gasteiger partial charge in [-0.1, -0.05) is 61.9 Å². The highest BCUT2D eigenvalue weighted by Crippen LogP contribution is 2.37. The van der Waals surface area contributed by atoms with Gasteiger partial charge in [-0.2, -0.15) is 4.31 Å². The summed E-state index contributed by atoms with van der Waals surface area (Å²) >= 11 is 5.93. The number of rotatable bonds is 9. The second-order valence-electron chi connectivity index (χ2n) is 7.77. The Morgan fingerprint density at radius 1 is 1.03 bits per heavy atom. The fourth-order valence-corrected chi connectivity index (χ4v) is 5.81. The molecule has 1 saturated heterocycles. The average molecular weight is 434 g/mol. The molecule has 0 radical (unpaired) electrons. The van der Waals surface area contributed by atoms with E-state index in [1.807, 2.05) is 6.92 Å². The molecule has 1 heterocycles. The summed E-state index contributed by atoms with van der Waals surface area (Å²) in [4.78, 5) is 13.3. The zero-order chi connectivity index (χ0) is 21.0. The van der Waals surface area contributed by atoms with Crippen molar-refractivity contribution in [1.82, 2.24) is 4.31 Å². The Hall–Kier alpha value is -1.69. The van der Waals surface area contributed by atoms with Gasteiger partial charge in [0.1, 0.15) is 0 Å². The van der Waals surface area contributed by atoms with Gasteiger partial charge in [-0.05, 0) is 56.2 Å². The predicted molar refractivity (Wildman–Crippen MR) is 117 cm³/mol. The van der Waals surface area contributed by atoms with Crippen LogP contribution in [0.3, 0.4) is 0 Å². The Bertz CT molecular complexity index is 939. The number of carbonyl (C=O) groups is 1. The van der Waals surface area contributed by atoms with Gasteiger partial charge in [-0.3, -0.25) is 4.79 Å². The van der Waals surface area contributed by atoms with E-state index in [0.717, 1.165) is 37.7 Å². The molecule has 1 fully saturated rings. The van der Waals surface area contributed by atoms with Gasteiger partial charge in [0.15, 0.2) is 5.78 Å². The molecule has 0 bridgehead atoms. The summed E-state index contributed by atoms with van der Waals surface area (Å²) in [5, 5.41) is 0.549. The minimum atomic E-state index is -3.73. The van der Waals surface area contributed by atoms with Crippen molar-refractivity contribution < 1.29 is 13.2 Å². The van der Waals surface area contributed by atoms with Crippen LogP contribution in [0.1, 0.15) is 61.4 Å². The normalized spacial score (nSPS) is 19.7. The van der Waals surface area contributed by atoms with Crippen molar-refractivity contribution in [1.29, 1.82) is 0 Å². The second kappa shape index (κ2) is 9.41. The largest absolute Gasteiger partial charge is 0.292 e. The van der Waals surface area contributed by atoms with Gasteiger partial charge in [0, 0.05) is 16.6 Å². The molecule has 0 unspecified atom stereocenters. The highest BCUT2D eigenvalue weighted by molar-refractivity contribution is 7.89. The smallest absolute Gasteiger partial charge is 0.243 e. The van der Waals surface area contributed by atoms with Gasteiger partial charge in [0.05, 0.1) is 10.9 Å². The molecule has 4 nitrogen and oxygen atoms in total. The monoisotopic (exact) mass is 433 g/mol. The van der Waals surface area contributed by atoms with Gasteiger partial charge >= 0.3 is 0 Å². The van der Waals surface area contributed by atoms with E-state index in [0.29, 0.717) is 17.0 Å². The third-order valence-corrected chi connectivity index (χ3v) is 7.81. The molecule has 1 aliphatic rings. The minimum absolute atomic E-state index is 0.126. The van der Waals surface area contributed by atoms with Crippen molar-refractivity contribution in [3.63, 3.8) is 0 Å². The van der Waals surface area contributed by atoms with Gasteiger partial charge in [-0.25, -0.2) is 8.42 Å². The van der Waals surface area contributed by atoms with Crippen molar-refractivity contribution in [3.05, 3.63) is 64.7 Å². The van der Waals surface area contributed by atoms with E-state index < -0.39 is 16.1 Å². The number of hydrogen-bond acceptors (Lipinski definition) is 3. The lowest BCUT2D eigenvalue weighted by atomic mass is 9.87. The summed E-state index contributed by atoms with van der Waals surface area (Å²) in [6, 6.07) is 12.7. The van der Waals surface area contributed by atoms with E-state index in [-0.39, 0.29) is 16.7 Å². The maximum Gasteiger partial charge on any atom is 0.243 e. The minimum Gasteiger partial charge on any atom is -0.292 e. The lowest BCUT2D eigenvalue weighted by Gasteiger charge is -2.46. The van der Waals surface area contributed by atoms with Crippen LogP contribution in [0.4, 0.5) is 0 Å². The van der Waals surface area contributed by atoms with Crippen molar-refractivity contribution in [2.45, 2.75) is 69.4 Å². The number of hydrogen-bond donors (Lipinski definition) is 0. The third-order valence-electron chi connectivity index (χ3n) is 5.58. The standard InChI is InChI=1S/C23H28ClNO3S/c1-3-4-5-6-7-20-16-22(23(26)18-10-12-19(24)13-11-18)25(20)29(27,28)21-14-8-17(2)9-15-21/h8-15,20,22H,3-7,16H2,1-2H3/t20-,22-/m0/s1.